The molecule has 40 heavy (non-hydrogen) atoms. The molecule has 1 aliphatic rings. The summed E-state index contributed by atoms with van der Waals surface area (Å²) in [7, 11) is 0. The fourth-order valence-electron chi connectivity index (χ4n) is 4.43. The number of benzene rings is 3. The number of nitrogens with zero attached hydrogens (tertiary/aromatic N) is 2. The van der Waals surface area contributed by atoms with Crippen molar-refractivity contribution in [2.75, 3.05) is 6.61 Å². The average Bonchev–Trinajstić information content (AvgIpc) is 3.23. The SMILES string of the molecule is CCOC(=O)C1=C(C)N=c2s/c(=C\c3cc(Cl)ccc3OCc3ccccc3F)c(=O)n2[C@@H]1c1ccc(F)cc1. The highest BCUT2D eigenvalue weighted by Crippen LogP contribution is 2.31. The minimum Gasteiger partial charge on any atom is -0.488 e. The molecule has 3 aromatic carbocycles. The Kier molecular flexibility index (Phi) is 7.95. The minimum atomic E-state index is -0.866. The van der Waals surface area contributed by atoms with Gasteiger partial charge in [0, 0.05) is 16.1 Å². The van der Waals surface area contributed by atoms with E-state index in [4.69, 9.17) is 21.1 Å². The van der Waals surface area contributed by atoms with Gasteiger partial charge in [0.05, 0.1) is 28.5 Å². The lowest BCUT2D eigenvalue weighted by atomic mass is 9.96. The van der Waals surface area contributed by atoms with E-state index in [-0.39, 0.29) is 24.6 Å². The molecule has 0 fully saturated rings. The first-order valence-electron chi connectivity index (χ1n) is 12.4. The van der Waals surface area contributed by atoms with E-state index < -0.39 is 23.4 Å². The summed E-state index contributed by atoms with van der Waals surface area (Å²) in [6.07, 6.45) is 1.62. The van der Waals surface area contributed by atoms with Crippen LogP contribution in [0.15, 0.2) is 87.8 Å². The fraction of sp³-hybridized carbons (Fsp3) is 0.167. The van der Waals surface area contributed by atoms with Crippen LogP contribution >= 0.6 is 22.9 Å². The van der Waals surface area contributed by atoms with E-state index in [0.29, 0.717) is 42.5 Å². The van der Waals surface area contributed by atoms with Crippen molar-refractivity contribution in [2.45, 2.75) is 26.5 Å². The first kappa shape index (κ1) is 27.5. The lowest BCUT2D eigenvalue weighted by Gasteiger charge is -2.24. The molecule has 1 aliphatic heterocycles. The van der Waals surface area contributed by atoms with Crippen LogP contribution in [0.25, 0.3) is 6.08 Å². The van der Waals surface area contributed by atoms with Gasteiger partial charge in [-0.25, -0.2) is 18.6 Å². The third kappa shape index (κ3) is 5.48. The highest BCUT2D eigenvalue weighted by molar-refractivity contribution is 7.07. The van der Waals surface area contributed by atoms with Gasteiger partial charge in [-0.3, -0.25) is 9.36 Å². The van der Waals surface area contributed by atoms with Crippen LogP contribution in [0.2, 0.25) is 5.02 Å². The molecule has 1 atom stereocenters. The van der Waals surface area contributed by atoms with Gasteiger partial charge in [-0.2, -0.15) is 0 Å². The van der Waals surface area contributed by atoms with Crippen LogP contribution < -0.4 is 19.6 Å². The largest absolute Gasteiger partial charge is 0.488 e. The highest BCUT2D eigenvalue weighted by Gasteiger charge is 2.33. The van der Waals surface area contributed by atoms with Crippen molar-refractivity contribution in [3.63, 3.8) is 0 Å². The molecule has 0 spiro atoms. The van der Waals surface area contributed by atoms with Crippen molar-refractivity contribution >= 4 is 35.0 Å². The zero-order chi connectivity index (χ0) is 28.4. The minimum absolute atomic E-state index is 0.0247. The summed E-state index contributed by atoms with van der Waals surface area (Å²) < 4.78 is 40.8. The van der Waals surface area contributed by atoms with Gasteiger partial charge in [0.25, 0.3) is 5.56 Å². The standard InChI is InChI=1S/C30H23ClF2N2O4S/c1-3-38-29(37)26-17(2)34-30-35(27(26)18-8-11-22(32)12-9-18)28(36)25(40-30)15-20-14-21(31)10-13-24(20)39-16-19-6-4-5-7-23(19)33/h4-15,27H,3,16H2,1-2H3/b25-15-/t27-/m1/s1. The maximum atomic E-state index is 14.1. The maximum Gasteiger partial charge on any atom is 0.338 e. The Morgan fingerprint density at radius 2 is 1.88 bits per heavy atom. The predicted octanol–water partition coefficient (Wildman–Crippen LogP) is 5.31. The first-order chi connectivity index (χ1) is 19.3. The Bertz CT molecular complexity index is 1810. The number of ether oxygens (including phenoxy) is 2. The van der Waals surface area contributed by atoms with Crippen molar-refractivity contribution in [1.29, 1.82) is 0 Å². The molecule has 0 bridgehead atoms. The molecule has 0 N–H and O–H groups in total. The molecule has 0 amide bonds. The second-order valence-electron chi connectivity index (χ2n) is 8.92. The number of hydrogen-bond donors (Lipinski definition) is 0. The number of aromatic nitrogens is 1. The van der Waals surface area contributed by atoms with Crippen molar-refractivity contribution in [2.24, 2.45) is 4.99 Å². The van der Waals surface area contributed by atoms with E-state index in [1.54, 1.807) is 56.3 Å². The Hall–Kier alpha value is -4.08. The summed E-state index contributed by atoms with van der Waals surface area (Å²) in [5, 5.41) is 0.418. The molecule has 5 rings (SSSR count). The molecule has 0 unspecified atom stereocenters. The van der Waals surface area contributed by atoms with Gasteiger partial charge in [0.15, 0.2) is 4.80 Å². The number of carbonyl (C=O) groups is 1. The second-order valence-corrected chi connectivity index (χ2v) is 10.4. The van der Waals surface area contributed by atoms with Gasteiger partial charge in [-0.1, -0.05) is 53.3 Å². The Balaban J connectivity index is 1.62. The number of allylic oxidation sites excluding steroid dienone is 1. The number of esters is 1. The van der Waals surface area contributed by atoms with E-state index >= 15 is 0 Å². The van der Waals surface area contributed by atoms with Gasteiger partial charge >= 0.3 is 5.97 Å². The molecule has 4 aromatic rings. The molecule has 1 aromatic heterocycles. The lowest BCUT2D eigenvalue weighted by molar-refractivity contribution is -0.139. The molecule has 10 heteroatoms. The molecule has 0 radical (unpaired) electrons. The Morgan fingerprint density at radius 3 is 2.60 bits per heavy atom. The lowest BCUT2D eigenvalue weighted by Crippen LogP contribution is -2.39. The number of halogens is 3. The summed E-state index contributed by atoms with van der Waals surface area (Å²) in [6.45, 7) is 3.47. The summed E-state index contributed by atoms with van der Waals surface area (Å²) in [5.41, 5.74) is 1.61. The number of carbonyl (C=O) groups excluding carboxylic acids is 1. The van der Waals surface area contributed by atoms with Crippen LogP contribution in [0, 0.1) is 11.6 Å². The first-order valence-corrected chi connectivity index (χ1v) is 13.6. The van der Waals surface area contributed by atoms with E-state index in [1.165, 1.54) is 34.9 Å². The Morgan fingerprint density at radius 1 is 1.12 bits per heavy atom. The summed E-state index contributed by atoms with van der Waals surface area (Å²) >= 11 is 7.39. The van der Waals surface area contributed by atoms with Gasteiger partial charge < -0.3 is 9.47 Å². The van der Waals surface area contributed by atoms with Gasteiger partial charge in [-0.05, 0) is 61.9 Å². The van der Waals surface area contributed by atoms with Crippen LogP contribution in [0.5, 0.6) is 5.75 Å². The van der Waals surface area contributed by atoms with Crippen LogP contribution in [-0.4, -0.2) is 17.1 Å². The topological polar surface area (TPSA) is 69.9 Å². The third-order valence-corrected chi connectivity index (χ3v) is 7.52. The maximum absolute atomic E-state index is 14.1. The third-order valence-electron chi connectivity index (χ3n) is 6.30. The molecule has 2 heterocycles. The summed E-state index contributed by atoms with van der Waals surface area (Å²) in [4.78, 5) is 31.7. The van der Waals surface area contributed by atoms with Crippen molar-refractivity contribution in [1.82, 2.24) is 4.57 Å². The van der Waals surface area contributed by atoms with Gasteiger partial charge in [-0.15, -0.1) is 0 Å². The van der Waals surface area contributed by atoms with Crippen LogP contribution in [0.4, 0.5) is 8.78 Å². The molecule has 0 saturated carbocycles. The van der Waals surface area contributed by atoms with E-state index in [0.717, 1.165) is 11.3 Å². The molecular formula is C30H23ClF2N2O4S. The average molecular weight is 581 g/mol. The van der Waals surface area contributed by atoms with Crippen molar-refractivity contribution in [3.8, 4) is 5.75 Å². The molecule has 0 aliphatic carbocycles. The van der Waals surface area contributed by atoms with E-state index in [2.05, 4.69) is 4.99 Å². The molecular weight excluding hydrogens is 558 g/mol. The summed E-state index contributed by atoms with van der Waals surface area (Å²) in [6, 6.07) is 16.0. The number of fused-ring (bicyclic) bond motifs is 1. The van der Waals surface area contributed by atoms with Crippen LogP contribution in [-0.2, 0) is 16.1 Å². The zero-order valence-corrected chi connectivity index (χ0v) is 23.1. The fourth-order valence-corrected chi connectivity index (χ4v) is 5.65. The van der Waals surface area contributed by atoms with E-state index in [1.807, 2.05) is 0 Å². The highest BCUT2D eigenvalue weighted by atomic mass is 35.5. The summed E-state index contributed by atoms with van der Waals surface area (Å²) in [5.74, 6) is -1.04. The van der Waals surface area contributed by atoms with Crippen molar-refractivity contribution < 1.29 is 23.0 Å². The second kappa shape index (κ2) is 11.6. The zero-order valence-electron chi connectivity index (χ0n) is 21.5. The molecule has 6 nitrogen and oxygen atoms in total. The predicted molar refractivity (Wildman–Crippen MR) is 149 cm³/mol. The van der Waals surface area contributed by atoms with Gasteiger partial charge in [0.1, 0.15) is 24.0 Å². The quantitative estimate of drug-likeness (QED) is 0.278. The normalized spacial score (nSPS) is 15.0. The van der Waals surface area contributed by atoms with Crippen LogP contribution in [0.1, 0.15) is 36.6 Å². The molecule has 0 saturated heterocycles. The van der Waals surface area contributed by atoms with Gasteiger partial charge in [0.2, 0.25) is 0 Å². The Labute approximate surface area is 237 Å². The molecule has 204 valence electrons. The smallest absolute Gasteiger partial charge is 0.338 e. The number of rotatable bonds is 7. The number of hydrogen-bond acceptors (Lipinski definition) is 6. The number of thiazole rings is 1. The van der Waals surface area contributed by atoms with Crippen LogP contribution in [0.3, 0.4) is 0 Å². The van der Waals surface area contributed by atoms with E-state index in [9.17, 15) is 18.4 Å². The monoisotopic (exact) mass is 580 g/mol. The van der Waals surface area contributed by atoms with Crippen molar-refractivity contribution in [3.05, 3.63) is 131 Å².